The van der Waals surface area contributed by atoms with Crippen molar-refractivity contribution in [3.05, 3.63) is 74.1 Å². The summed E-state index contributed by atoms with van der Waals surface area (Å²) in [6, 6.07) is 12.0. The quantitative estimate of drug-likeness (QED) is 0.471. The van der Waals surface area contributed by atoms with E-state index in [0.29, 0.717) is 58.9 Å². The molecule has 172 valence electrons. The van der Waals surface area contributed by atoms with E-state index >= 15 is 0 Å². The number of hydrogen-bond donors (Lipinski definition) is 0. The van der Waals surface area contributed by atoms with Gasteiger partial charge in [-0.05, 0) is 43.0 Å². The van der Waals surface area contributed by atoms with Gasteiger partial charge in [-0.1, -0.05) is 55.2 Å². The molecule has 0 aliphatic carbocycles. The number of rotatable bonds is 5. The van der Waals surface area contributed by atoms with Crippen molar-refractivity contribution in [2.24, 2.45) is 11.8 Å². The van der Waals surface area contributed by atoms with Crippen LogP contribution in [-0.4, -0.2) is 39.5 Å². The summed E-state index contributed by atoms with van der Waals surface area (Å²) < 4.78 is 1.39. The Morgan fingerprint density at radius 1 is 1.03 bits per heavy atom. The molecular formula is C25H25Cl2N3O3. The molecule has 0 radical (unpaired) electrons. The van der Waals surface area contributed by atoms with E-state index in [9.17, 15) is 14.4 Å². The molecule has 33 heavy (non-hydrogen) atoms. The highest BCUT2D eigenvalue weighted by Crippen LogP contribution is 2.28. The van der Waals surface area contributed by atoms with Crippen LogP contribution in [0.15, 0.2) is 47.3 Å². The Balaban J connectivity index is 1.55. The van der Waals surface area contributed by atoms with Gasteiger partial charge in [-0.25, -0.2) is 4.68 Å². The molecule has 2 heterocycles. The summed E-state index contributed by atoms with van der Waals surface area (Å²) in [7, 11) is 0. The van der Waals surface area contributed by atoms with E-state index in [0.717, 1.165) is 0 Å². The van der Waals surface area contributed by atoms with Crippen molar-refractivity contribution in [3.63, 3.8) is 0 Å². The van der Waals surface area contributed by atoms with Gasteiger partial charge in [0.05, 0.1) is 15.4 Å². The number of ketones is 1. The SMILES string of the molecule is CC(C)Cn1nc(C(=O)N2CCC(C(=O)c3ccc(Cl)c(Cl)c3)CC2)c2ccccc2c1=O. The molecule has 6 nitrogen and oxygen atoms in total. The van der Waals surface area contributed by atoms with Gasteiger partial charge in [-0.2, -0.15) is 5.10 Å². The van der Waals surface area contributed by atoms with Crippen LogP contribution in [0.4, 0.5) is 0 Å². The minimum Gasteiger partial charge on any atom is -0.337 e. The average molecular weight is 486 g/mol. The Hall–Kier alpha value is -2.70. The Kier molecular flexibility index (Phi) is 6.86. The molecule has 1 aliphatic rings. The molecule has 1 fully saturated rings. The summed E-state index contributed by atoms with van der Waals surface area (Å²) in [4.78, 5) is 40.9. The molecule has 1 aliphatic heterocycles. The predicted octanol–water partition coefficient (Wildman–Crippen LogP) is 5.09. The van der Waals surface area contributed by atoms with E-state index in [2.05, 4.69) is 5.10 Å². The molecule has 1 amide bonds. The fourth-order valence-electron chi connectivity index (χ4n) is 4.24. The number of aromatic nitrogens is 2. The molecule has 1 saturated heterocycles. The number of carbonyl (C=O) groups is 2. The molecule has 3 aromatic rings. The van der Waals surface area contributed by atoms with Crippen molar-refractivity contribution < 1.29 is 9.59 Å². The predicted molar refractivity (Wildman–Crippen MR) is 130 cm³/mol. The second kappa shape index (κ2) is 9.65. The van der Waals surface area contributed by atoms with Gasteiger partial charge in [0.25, 0.3) is 11.5 Å². The minimum absolute atomic E-state index is 0.00900. The smallest absolute Gasteiger partial charge is 0.274 e. The van der Waals surface area contributed by atoms with Gasteiger partial charge >= 0.3 is 0 Å². The van der Waals surface area contributed by atoms with E-state index < -0.39 is 0 Å². The number of carbonyl (C=O) groups excluding carboxylic acids is 2. The number of amides is 1. The first kappa shape index (κ1) is 23.5. The molecule has 1 aromatic heterocycles. The summed E-state index contributed by atoms with van der Waals surface area (Å²) in [5.41, 5.74) is 0.615. The first-order valence-electron chi connectivity index (χ1n) is 11.0. The van der Waals surface area contributed by atoms with Crippen LogP contribution in [0.3, 0.4) is 0 Å². The van der Waals surface area contributed by atoms with Crippen LogP contribution < -0.4 is 5.56 Å². The number of fused-ring (bicyclic) bond motifs is 1. The minimum atomic E-state index is -0.218. The number of piperidine rings is 1. The van der Waals surface area contributed by atoms with Crippen molar-refractivity contribution in [1.29, 1.82) is 0 Å². The molecule has 0 N–H and O–H groups in total. The standard InChI is InChI=1S/C25H25Cl2N3O3/c1-15(2)14-30-24(32)19-6-4-3-5-18(19)22(28-30)25(33)29-11-9-16(10-12-29)23(31)17-7-8-20(26)21(27)13-17/h3-8,13,15-16H,9-12,14H2,1-2H3. The maximum atomic E-state index is 13.4. The fourth-order valence-corrected chi connectivity index (χ4v) is 4.54. The molecule has 2 aromatic carbocycles. The van der Waals surface area contributed by atoms with E-state index in [4.69, 9.17) is 23.2 Å². The lowest BCUT2D eigenvalue weighted by Crippen LogP contribution is -2.41. The first-order valence-corrected chi connectivity index (χ1v) is 11.8. The van der Waals surface area contributed by atoms with Crippen LogP contribution in [-0.2, 0) is 6.54 Å². The summed E-state index contributed by atoms with van der Waals surface area (Å²) in [5, 5.41) is 6.26. The first-order chi connectivity index (χ1) is 15.8. The van der Waals surface area contributed by atoms with Gasteiger partial charge in [0.2, 0.25) is 0 Å². The van der Waals surface area contributed by atoms with Gasteiger partial charge < -0.3 is 4.90 Å². The van der Waals surface area contributed by atoms with Gasteiger partial charge in [-0.15, -0.1) is 0 Å². The lowest BCUT2D eigenvalue weighted by Gasteiger charge is -2.31. The van der Waals surface area contributed by atoms with Gasteiger partial charge in [0.1, 0.15) is 0 Å². The number of benzene rings is 2. The van der Waals surface area contributed by atoms with Crippen LogP contribution in [0.1, 0.15) is 47.5 Å². The van der Waals surface area contributed by atoms with Crippen molar-refractivity contribution in [2.75, 3.05) is 13.1 Å². The third-order valence-electron chi connectivity index (χ3n) is 5.97. The van der Waals surface area contributed by atoms with Gasteiger partial charge in [0, 0.05) is 36.5 Å². The van der Waals surface area contributed by atoms with Crippen molar-refractivity contribution in [1.82, 2.24) is 14.7 Å². The summed E-state index contributed by atoms with van der Waals surface area (Å²) in [5.74, 6) is -0.188. The van der Waals surface area contributed by atoms with Crippen LogP contribution in [0.25, 0.3) is 10.8 Å². The topological polar surface area (TPSA) is 72.3 Å². The van der Waals surface area contributed by atoms with E-state index in [1.54, 1.807) is 47.4 Å². The lowest BCUT2D eigenvalue weighted by atomic mass is 9.88. The van der Waals surface area contributed by atoms with E-state index in [-0.39, 0.29) is 34.8 Å². The number of likely N-dealkylation sites (tertiary alicyclic amines) is 1. The van der Waals surface area contributed by atoms with Gasteiger partial charge in [-0.3, -0.25) is 14.4 Å². The molecule has 8 heteroatoms. The third-order valence-corrected chi connectivity index (χ3v) is 6.70. The zero-order valence-electron chi connectivity index (χ0n) is 18.6. The molecule has 0 unspecified atom stereocenters. The van der Waals surface area contributed by atoms with Crippen LogP contribution in [0.5, 0.6) is 0 Å². The number of hydrogen-bond acceptors (Lipinski definition) is 4. The Morgan fingerprint density at radius 2 is 1.70 bits per heavy atom. The highest BCUT2D eigenvalue weighted by atomic mass is 35.5. The Bertz CT molecular complexity index is 1280. The number of nitrogens with zero attached hydrogens (tertiary/aromatic N) is 3. The highest BCUT2D eigenvalue weighted by Gasteiger charge is 2.30. The normalized spacial score (nSPS) is 14.8. The number of Topliss-reactive ketones (excluding diaryl/α,β-unsaturated/α-hetero) is 1. The van der Waals surface area contributed by atoms with Crippen molar-refractivity contribution in [2.45, 2.75) is 33.2 Å². The maximum absolute atomic E-state index is 13.4. The molecule has 4 rings (SSSR count). The summed E-state index contributed by atoms with van der Waals surface area (Å²) in [6.07, 6.45) is 1.10. The second-order valence-corrected chi connectivity index (χ2v) is 9.65. The van der Waals surface area contributed by atoms with Crippen LogP contribution in [0, 0.1) is 11.8 Å². The van der Waals surface area contributed by atoms with Crippen LogP contribution in [0.2, 0.25) is 10.0 Å². The van der Waals surface area contributed by atoms with E-state index in [1.807, 2.05) is 13.8 Å². The zero-order chi connectivity index (χ0) is 23.7. The Morgan fingerprint density at radius 3 is 2.33 bits per heavy atom. The zero-order valence-corrected chi connectivity index (χ0v) is 20.1. The molecule has 0 spiro atoms. The van der Waals surface area contributed by atoms with Crippen molar-refractivity contribution in [3.8, 4) is 0 Å². The highest BCUT2D eigenvalue weighted by molar-refractivity contribution is 6.42. The summed E-state index contributed by atoms with van der Waals surface area (Å²) in [6.45, 7) is 5.32. The summed E-state index contributed by atoms with van der Waals surface area (Å²) >= 11 is 12.0. The fraction of sp³-hybridized carbons (Fsp3) is 0.360. The average Bonchev–Trinajstić information content (AvgIpc) is 2.81. The monoisotopic (exact) mass is 485 g/mol. The van der Waals surface area contributed by atoms with Crippen molar-refractivity contribution >= 4 is 45.7 Å². The van der Waals surface area contributed by atoms with Gasteiger partial charge in [0.15, 0.2) is 11.5 Å². The largest absolute Gasteiger partial charge is 0.337 e. The van der Waals surface area contributed by atoms with Crippen LogP contribution >= 0.6 is 23.2 Å². The molecule has 0 saturated carbocycles. The Labute approximate surface area is 202 Å². The lowest BCUT2D eigenvalue weighted by molar-refractivity contribution is 0.0645. The maximum Gasteiger partial charge on any atom is 0.274 e. The second-order valence-electron chi connectivity index (χ2n) is 8.83. The number of halogens is 2. The molecule has 0 atom stereocenters. The van der Waals surface area contributed by atoms with E-state index in [1.165, 1.54) is 4.68 Å². The third kappa shape index (κ3) is 4.82. The molecular weight excluding hydrogens is 461 g/mol. The molecule has 0 bridgehead atoms.